The fourth-order valence-corrected chi connectivity index (χ4v) is 4.73. The number of amides is 1. The lowest BCUT2D eigenvalue weighted by Crippen LogP contribution is -2.47. The normalized spacial score (nSPS) is 23.3. The van der Waals surface area contributed by atoms with Crippen LogP contribution >= 0.6 is 0 Å². The molecule has 1 N–H and O–H groups in total. The number of likely N-dealkylation sites (tertiary alicyclic amines) is 1. The van der Waals surface area contributed by atoms with E-state index >= 15 is 0 Å². The van der Waals surface area contributed by atoms with Gasteiger partial charge in [-0.15, -0.1) is 0 Å². The highest BCUT2D eigenvalue weighted by molar-refractivity contribution is 5.80. The summed E-state index contributed by atoms with van der Waals surface area (Å²) in [7, 11) is 0. The van der Waals surface area contributed by atoms with Gasteiger partial charge >= 0.3 is 0 Å². The molecule has 2 aliphatic rings. The predicted molar refractivity (Wildman–Crippen MR) is 115 cm³/mol. The molecule has 0 bridgehead atoms. The highest BCUT2D eigenvalue weighted by atomic mass is 16.1. The first-order valence-electron chi connectivity index (χ1n) is 11.1. The second-order valence-electron chi connectivity index (χ2n) is 8.26. The number of pyridine rings is 1. The van der Waals surface area contributed by atoms with Crippen LogP contribution in [0.25, 0.3) is 11.2 Å². The van der Waals surface area contributed by atoms with Crippen LogP contribution in [0.15, 0.2) is 24.7 Å². The van der Waals surface area contributed by atoms with Gasteiger partial charge in [0.1, 0.15) is 5.52 Å². The summed E-state index contributed by atoms with van der Waals surface area (Å²) in [4.78, 5) is 30.6. The van der Waals surface area contributed by atoms with E-state index in [1.165, 1.54) is 32.2 Å². The van der Waals surface area contributed by atoms with Crippen molar-refractivity contribution >= 4 is 22.8 Å². The number of carbonyl (C=O) groups is 1. The Bertz CT molecular complexity index is 828. The molecule has 0 radical (unpaired) electrons. The minimum absolute atomic E-state index is 0.0321. The molecule has 2 fully saturated rings. The first-order valence-corrected chi connectivity index (χ1v) is 11.1. The van der Waals surface area contributed by atoms with Crippen LogP contribution < -0.4 is 10.2 Å². The number of nitrogens with zero attached hydrogens (tertiary/aromatic N) is 5. The summed E-state index contributed by atoms with van der Waals surface area (Å²) in [5.74, 6) is 0.220. The average molecular weight is 397 g/mol. The van der Waals surface area contributed by atoms with Crippen molar-refractivity contribution in [2.24, 2.45) is 5.92 Å². The fraction of sp³-hybridized carbons (Fsp3) is 0.636. The molecule has 0 saturated carbocycles. The predicted octanol–water partition coefficient (Wildman–Crippen LogP) is 2.62. The van der Waals surface area contributed by atoms with Crippen molar-refractivity contribution in [2.75, 3.05) is 37.6 Å². The second-order valence-corrected chi connectivity index (χ2v) is 8.26. The summed E-state index contributed by atoms with van der Waals surface area (Å²) in [6.45, 7) is 6.84. The Hall–Kier alpha value is -2.28. The van der Waals surface area contributed by atoms with Gasteiger partial charge in [0.25, 0.3) is 0 Å². The molecule has 0 spiro atoms. The first kappa shape index (κ1) is 20.0. The highest BCUT2D eigenvalue weighted by Crippen LogP contribution is 2.24. The number of hydrogen-bond acceptors (Lipinski definition) is 6. The molecule has 2 aromatic heterocycles. The summed E-state index contributed by atoms with van der Waals surface area (Å²) >= 11 is 0. The van der Waals surface area contributed by atoms with Crippen molar-refractivity contribution in [1.82, 2.24) is 25.2 Å². The van der Waals surface area contributed by atoms with Gasteiger partial charge in [-0.2, -0.15) is 0 Å². The number of anilines is 1. The molecule has 2 aromatic rings. The Morgan fingerprint density at radius 1 is 1.14 bits per heavy atom. The maximum atomic E-state index is 12.8. The maximum Gasteiger partial charge on any atom is 0.224 e. The van der Waals surface area contributed by atoms with Crippen molar-refractivity contribution in [2.45, 2.75) is 51.5 Å². The van der Waals surface area contributed by atoms with Crippen molar-refractivity contribution in [1.29, 1.82) is 0 Å². The van der Waals surface area contributed by atoms with Gasteiger partial charge in [0, 0.05) is 44.6 Å². The van der Waals surface area contributed by atoms with Crippen LogP contribution in [-0.2, 0) is 4.79 Å². The molecule has 2 aliphatic heterocycles. The standard InChI is InChI=1S/C22H32N6O/c1-2-18-7-3-4-11-27(18)13-10-25-22(29)17-6-5-12-28(16-17)19-14-20-21(26-15-19)24-9-8-23-20/h8-9,14-15,17-18H,2-7,10-13,16H2,1H3,(H,25,29)/t17-,18-/m1/s1. The smallest absolute Gasteiger partial charge is 0.224 e. The number of aromatic nitrogens is 3. The Morgan fingerprint density at radius 2 is 2.03 bits per heavy atom. The minimum Gasteiger partial charge on any atom is -0.369 e. The summed E-state index contributed by atoms with van der Waals surface area (Å²) in [6, 6.07) is 2.71. The lowest BCUT2D eigenvalue weighted by molar-refractivity contribution is -0.125. The maximum absolute atomic E-state index is 12.8. The molecule has 1 amide bonds. The third-order valence-corrected chi connectivity index (χ3v) is 6.39. The van der Waals surface area contributed by atoms with Gasteiger partial charge in [-0.3, -0.25) is 14.7 Å². The van der Waals surface area contributed by atoms with Gasteiger partial charge in [-0.25, -0.2) is 9.97 Å². The van der Waals surface area contributed by atoms with E-state index in [9.17, 15) is 4.79 Å². The summed E-state index contributed by atoms with van der Waals surface area (Å²) in [5.41, 5.74) is 2.48. The van der Waals surface area contributed by atoms with E-state index < -0.39 is 0 Å². The van der Waals surface area contributed by atoms with Crippen molar-refractivity contribution in [3.8, 4) is 0 Å². The van der Waals surface area contributed by atoms with Gasteiger partial charge in [-0.1, -0.05) is 13.3 Å². The Balaban J connectivity index is 1.31. The molecule has 2 atom stereocenters. The number of nitrogens with one attached hydrogen (secondary N) is 1. The Kier molecular flexibility index (Phi) is 6.54. The second kappa shape index (κ2) is 9.48. The van der Waals surface area contributed by atoms with Crippen LogP contribution in [0.5, 0.6) is 0 Å². The van der Waals surface area contributed by atoms with Crippen LogP contribution in [-0.4, -0.2) is 64.5 Å². The number of rotatable bonds is 6. The van der Waals surface area contributed by atoms with Gasteiger partial charge < -0.3 is 10.2 Å². The Morgan fingerprint density at radius 3 is 2.93 bits per heavy atom. The molecule has 29 heavy (non-hydrogen) atoms. The summed E-state index contributed by atoms with van der Waals surface area (Å²) in [6.07, 6.45) is 12.3. The summed E-state index contributed by atoms with van der Waals surface area (Å²) < 4.78 is 0. The monoisotopic (exact) mass is 396 g/mol. The zero-order valence-corrected chi connectivity index (χ0v) is 17.4. The molecule has 0 aromatic carbocycles. The van der Waals surface area contributed by atoms with E-state index in [1.54, 1.807) is 12.4 Å². The van der Waals surface area contributed by atoms with Gasteiger partial charge in [0.15, 0.2) is 5.65 Å². The topological polar surface area (TPSA) is 74.2 Å². The summed E-state index contributed by atoms with van der Waals surface area (Å²) in [5, 5.41) is 3.20. The van der Waals surface area contributed by atoms with E-state index in [2.05, 4.69) is 37.0 Å². The Labute approximate surface area is 172 Å². The van der Waals surface area contributed by atoms with Crippen molar-refractivity contribution in [3.63, 3.8) is 0 Å². The minimum atomic E-state index is 0.0321. The van der Waals surface area contributed by atoms with Crippen LogP contribution in [0.4, 0.5) is 5.69 Å². The lowest BCUT2D eigenvalue weighted by Gasteiger charge is -2.36. The number of piperidine rings is 2. The molecule has 156 valence electrons. The highest BCUT2D eigenvalue weighted by Gasteiger charge is 2.27. The average Bonchev–Trinajstić information content (AvgIpc) is 2.79. The molecule has 2 saturated heterocycles. The molecular formula is C22H32N6O. The van der Waals surface area contributed by atoms with E-state index in [-0.39, 0.29) is 11.8 Å². The van der Waals surface area contributed by atoms with Crippen molar-refractivity contribution in [3.05, 3.63) is 24.7 Å². The molecule has 0 aliphatic carbocycles. The van der Waals surface area contributed by atoms with E-state index in [4.69, 9.17) is 0 Å². The largest absolute Gasteiger partial charge is 0.369 e. The van der Waals surface area contributed by atoms with E-state index in [0.29, 0.717) is 11.7 Å². The third-order valence-electron chi connectivity index (χ3n) is 6.39. The molecule has 4 heterocycles. The quantitative estimate of drug-likeness (QED) is 0.809. The number of hydrogen-bond donors (Lipinski definition) is 1. The van der Waals surface area contributed by atoms with Crippen molar-refractivity contribution < 1.29 is 4.79 Å². The zero-order valence-electron chi connectivity index (χ0n) is 17.4. The van der Waals surface area contributed by atoms with Crippen LogP contribution in [0.2, 0.25) is 0 Å². The third kappa shape index (κ3) is 4.83. The van der Waals surface area contributed by atoms with Crippen LogP contribution in [0.1, 0.15) is 45.4 Å². The van der Waals surface area contributed by atoms with Gasteiger partial charge in [0.2, 0.25) is 5.91 Å². The SMILES string of the molecule is CC[C@@H]1CCCCN1CCNC(=O)[C@@H]1CCCN(c2cnc3nccnc3c2)C1. The first-order chi connectivity index (χ1) is 14.2. The lowest BCUT2D eigenvalue weighted by atomic mass is 9.96. The van der Waals surface area contributed by atoms with Crippen LogP contribution in [0, 0.1) is 5.92 Å². The molecular weight excluding hydrogens is 364 g/mol. The zero-order chi connectivity index (χ0) is 20.1. The van der Waals surface area contributed by atoms with Gasteiger partial charge in [0.05, 0.1) is 17.8 Å². The van der Waals surface area contributed by atoms with E-state index in [0.717, 1.165) is 50.2 Å². The van der Waals surface area contributed by atoms with Crippen LogP contribution in [0.3, 0.4) is 0 Å². The molecule has 7 nitrogen and oxygen atoms in total. The fourth-order valence-electron chi connectivity index (χ4n) is 4.73. The molecule has 4 rings (SSSR count). The molecule has 0 unspecified atom stereocenters. The van der Waals surface area contributed by atoms with E-state index in [1.807, 2.05) is 12.3 Å². The number of fused-ring (bicyclic) bond motifs is 1. The molecule has 7 heteroatoms. The van der Waals surface area contributed by atoms with Gasteiger partial charge in [-0.05, 0) is 44.7 Å². The number of carbonyl (C=O) groups excluding carboxylic acids is 1.